The lowest BCUT2D eigenvalue weighted by Gasteiger charge is -2.13. The monoisotopic (exact) mass is 237 g/mol. The Kier molecular flexibility index (Phi) is 2.92. The Morgan fingerprint density at radius 1 is 1.47 bits per heavy atom. The van der Waals surface area contributed by atoms with Gasteiger partial charge in [0.05, 0.1) is 6.67 Å². The molecule has 0 spiro atoms. The predicted molar refractivity (Wildman–Crippen MR) is 51.3 cm³/mol. The van der Waals surface area contributed by atoms with Crippen LogP contribution in [0.3, 0.4) is 0 Å². The van der Waals surface area contributed by atoms with E-state index in [0.29, 0.717) is 6.67 Å². The van der Waals surface area contributed by atoms with E-state index in [1.54, 1.807) is 11.8 Å². The van der Waals surface area contributed by atoms with E-state index in [1.165, 1.54) is 10.9 Å². The summed E-state index contributed by atoms with van der Waals surface area (Å²) >= 11 is 1.78. The lowest BCUT2D eigenvalue weighted by atomic mass is 10.4. The van der Waals surface area contributed by atoms with E-state index >= 15 is 0 Å². The maximum atomic E-state index is 12.2. The van der Waals surface area contributed by atoms with Crippen molar-refractivity contribution in [2.45, 2.75) is 12.8 Å². The Morgan fingerprint density at radius 3 is 2.80 bits per heavy atom. The molecule has 1 aliphatic rings. The van der Waals surface area contributed by atoms with Crippen molar-refractivity contribution >= 4 is 11.8 Å². The molecule has 0 radical (unpaired) electrons. The lowest BCUT2D eigenvalue weighted by molar-refractivity contribution is -0.141. The van der Waals surface area contributed by atoms with Gasteiger partial charge < -0.3 is 0 Å². The van der Waals surface area contributed by atoms with Crippen molar-refractivity contribution in [2.75, 3.05) is 18.2 Å². The first-order valence-corrected chi connectivity index (χ1v) is 5.62. The number of aromatic nitrogens is 2. The molecule has 1 fully saturated rings. The summed E-state index contributed by atoms with van der Waals surface area (Å²) in [6, 6.07) is 1.00. The van der Waals surface area contributed by atoms with Crippen LogP contribution in [0.2, 0.25) is 0 Å². The maximum Gasteiger partial charge on any atom is 0.435 e. The molecule has 1 aliphatic heterocycles. The average Bonchev–Trinajstić information content (AvgIpc) is 2.73. The molecule has 84 valence electrons. The van der Waals surface area contributed by atoms with E-state index in [9.17, 15) is 13.2 Å². The second-order valence-electron chi connectivity index (χ2n) is 3.31. The molecular weight excluding hydrogens is 227 g/mol. The van der Waals surface area contributed by atoms with E-state index in [4.69, 9.17) is 0 Å². The van der Waals surface area contributed by atoms with Crippen molar-refractivity contribution in [3.05, 3.63) is 18.0 Å². The summed E-state index contributed by atoms with van der Waals surface area (Å²) in [4.78, 5) is 2.05. The van der Waals surface area contributed by atoms with E-state index in [1.807, 2.05) is 0 Å². The summed E-state index contributed by atoms with van der Waals surface area (Å²) in [5, 5.41) is 3.49. The van der Waals surface area contributed by atoms with Gasteiger partial charge in [-0.3, -0.25) is 9.58 Å². The fraction of sp³-hybridized carbons (Fsp3) is 0.625. The zero-order valence-corrected chi connectivity index (χ0v) is 8.68. The minimum Gasteiger partial charge on any atom is -0.274 e. The van der Waals surface area contributed by atoms with Gasteiger partial charge in [0.2, 0.25) is 0 Å². The van der Waals surface area contributed by atoms with Crippen LogP contribution in [0.5, 0.6) is 0 Å². The second kappa shape index (κ2) is 4.05. The molecule has 3 nitrogen and oxygen atoms in total. The highest BCUT2D eigenvalue weighted by Gasteiger charge is 2.33. The molecule has 2 rings (SSSR count). The first-order valence-electron chi connectivity index (χ1n) is 4.46. The molecule has 15 heavy (non-hydrogen) atoms. The van der Waals surface area contributed by atoms with Gasteiger partial charge in [-0.25, -0.2) is 0 Å². The van der Waals surface area contributed by atoms with Crippen LogP contribution >= 0.6 is 11.8 Å². The van der Waals surface area contributed by atoms with Crippen LogP contribution in [0.4, 0.5) is 13.2 Å². The van der Waals surface area contributed by atoms with Crippen LogP contribution in [0, 0.1) is 0 Å². The summed E-state index contributed by atoms with van der Waals surface area (Å²) < 4.78 is 38.0. The summed E-state index contributed by atoms with van der Waals surface area (Å²) in [6.45, 7) is 1.34. The molecule has 1 aromatic heterocycles. The molecule has 1 saturated heterocycles. The molecule has 1 aromatic rings. The summed E-state index contributed by atoms with van der Waals surface area (Å²) in [5.74, 6) is 1.90. The summed E-state index contributed by atoms with van der Waals surface area (Å²) in [5.41, 5.74) is -0.825. The molecule has 0 N–H and O–H groups in total. The van der Waals surface area contributed by atoms with Crippen molar-refractivity contribution in [3.8, 4) is 0 Å². The molecular formula is C8H10F3N3S. The second-order valence-corrected chi connectivity index (χ2v) is 4.39. The van der Waals surface area contributed by atoms with Gasteiger partial charge in [0.1, 0.15) is 0 Å². The Hall–Kier alpha value is -0.690. The van der Waals surface area contributed by atoms with Crippen LogP contribution < -0.4 is 0 Å². The van der Waals surface area contributed by atoms with Gasteiger partial charge in [0, 0.05) is 24.4 Å². The van der Waals surface area contributed by atoms with Crippen LogP contribution in [-0.4, -0.2) is 32.9 Å². The number of thioether (sulfide) groups is 1. The van der Waals surface area contributed by atoms with Crippen LogP contribution in [-0.2, 0) is 12.8 Å². The Balaban J connectivity index is 2.00. The average molecular weight is 237 g/mol. The van der Waals surface area contributed by atoms with E-state index in [2.05, 4.69) is 10.00 Å². The van der Waals surface area contributed by atoms with Crippen LogP contribution in [0.1, 0.15) is 5.69 Å². The molecule has 2 heterocycles. The van der Waals surface area contributed by atoms with Crippen LogP contribution in [0.25, 0.3) is 0 Å². The number of nitrogens with zero attached hydrogens (tertiary/aromatic N) is 3. The predicted octanol–water partition coefficient (Wildman–Crippen LogP) is 1.87. The molecule has 0 aliphatic carbocycles. The first-order chi connectivity index (χ1) is 7.05. The highest BCUT2D eigenvalue weighted by molar-refractivity contribution is 7.99. The molecule has 0 saturated carbocycles. The Labute approximate surface area is 89.2 Å². The number of hydrogen-bond donors (Lipinski definition) is 0. The Morgan fingerprint density at radius 2 is 2.27 bits per heavy atom. The third kappa shape index (κ3) is 2.66. The molecule has 7 heteroatoms. The number of halogens is 3. The van der Waals surface area contributed by atoms with E-state index in [-0.39, 0.29) is 0 Å². The fourth-order valence-corrected chi connectivity index (χ4v) is 2.35. The first kappa shape index (κ1) is 10.8. The summed E-state index contributed by atoms with van der Waals surface area (Å²) in [6.07, 6.45) is -2.98. The van der Waals surface area contributed by atoms with Crippen molar-refractivity contribution in [3.63, 3.8) is 0 Å². The van der Waals surface area contributed by atoms with Crippen molar-refractivity contribution in [1.29, 1.82) is 0 Å². The zero-order chi connectivity index (χ0) is 10.9. The van der Waals surface area contributed by atoms with E-state index < -0.39 is 11.9 Å². The van der Waals surface area contributed by atoms with Gasteiger partial charge in [-0.15, -0.1) is 11.8 Å². The fourth-order valence-electron chi connectivity index (χ4n) is 1.36. The van der Waals surface area contributed by atoms with E-state index in [0.717, 1.165) is 24.2 Å². The normalized spacial score (nSPS) is 18.6. The molecule has 0 unspecified atom stereocenters. The molecule has 0 atom stereocenters. The standard InChI is InChI=1S/C8H10F3N3S/c9-8(10,11)7-1-2-14(12-7)5-13-3-4-15-6-13/h1-2H,3-6H2. The smallest absolute Gasteiger partial charge is 0.274 e. The Bertz CT molecular complexity index is 330. The number of rotatable bonds is 2. The molecule has 0 amide bonds. The topological polar surface area (TPSA) is 21.1 Å². The van der Waals surface area contributed by atoms with Crippen molar-refractivity contribution < 1.29 is 13.2 Å². The highest BCUT2D eigenvalue weighted by atomic mass is 32.2. The third-order valence-electron chi connectivity index (χ3n) is 2.10. The quantitative estimate of drug-likeness (QED) is 0.783. The largest absolute Gasteiger partial charge is 0.435 e. The minimum absolute atomic E-state index is 0.434. The number of hydrogen-bond acceptors (Lipinski definition) is 3. The number of alkyl halides is 3. The SMILES string of the molecule is FC(F)(F)c1ccn(CN2CCSC2)n1. The van der Waals surface area contributed by atoms with Gasteiger partial charge in [0.25, 0.3) is 0 Å². The van der Waals surface area contributed by atoms with Gasteiger partial charge in [-0.2, -0.15) is 18.3 Å². The van der Waals surface area contributed by atoms with Crippen molar-refractivity contribution in [2.24, 2.45) is 0 Å². The lowest BCUT2D eigenvalue weighted by Crippen LogP contribution is -2.23. The van der Waals surface area contributed by atoms with Crippen molar-refractivity contribution in [1.82, 2.24) is 14.7 Å². The van der Waals surface area contributed by atoms with Gasteiger partial charge >= 0.3 is 6.18 Å². The maximum absolute atomic E-state index is 12.2. The van der Waals surface area contributed by atoms with Gasteiger partial charge in [-0.05, 0) is 6.07 Å². The molecule has 0 aromatic carbocycles. The van der Waals surface area contributed by atoms with Gasteiger partial charge in [0.15, 0.2) is 5.69 Å². The third-order valence-corrected chi connectivity index (χ3v) is 3.12. The highest BCUT2D eigenvalue weighted by Crippen LogP contribution is 2.27. The zero-order valence-electron chi connectivity index (χ0n) is 7.87. The molecule has 0 bridgehead atoms. The minimum atomic E-state index is -4.34. The summed E-state index contributed by atoms with van der Waals surface area (Å²) in [7, 11) is 0. The van der Waals surface area contributed by atoms with Crippen LogP contribution in [0.15, 0.2) is 12.3 Å². The van der Waals surface area contributed by atoms with Gasteiger partial charge in [-0.1, -0.05) is 0 Å².